The summed E-state index contributed by atoms with van der Waals surface area (Å²) in [4.78, 5) is 4.61. The average Bonchev–Trinajstić information content (AvgIpc) is 4.06. The molecule has 0 amide bonds. The maximum atomic E-state index is 12.1. The van der Waals surface area contributed by atoms with Crippen LogP contribution >= 0.6 is 0 Å². The van der Waals surface area contributed by atoms with E-state index < -0.39 is 0 Å². The largest absolute Gasteiger partial charge is 0.317 e. The Kier molecular flexibility index (Phi) is 7.02. The van der Waals surface area contributed by atoms with E-state index in [2.05, 4.69) is 204 Å². The van der Waals surface area contributed by atoms with E-state index in [0.29, 0.717) is 28.6 Å². The molecule has 0 unspecified atom stereocenters. The summed E-state index contributed by atoms with van der Waals surface area (Å²) in [6.45, 7) is 9.45. The average molecular weight is 791 g/mol. The first-order chi connectivity index (χ1) is 30.8. The van der Waals surface area contributed by atoms with Crippen LogP contribution in [-0.2, 0) is 0 Å². The van der Waals surface area contributed by atoms with Crippen molar-refractivity contribution in [2.45, 2.75) is 0 Å². The first-order valence-electron chi connectivity index (χ1n) is 20.6. The fraction of sp³-hybridized carbons (Fsp3) is 0. The maximum Gasteiger partial charge on any atom is 0.285 e. The molecule has 7 heteroatoms. The number of hydrogen-bond donors (Lipinski definition) is 0. The Morgan fingerprint density at radius 1 is 0.371 bits per heavy atom. The molecular weight excluding hydrogens is 759 g/mol. The van der Waals surface area contributed by atoms with E-state index in [1.165, 1.54) is 0 Å². The van der Waals surface area contributed by atoms with Gasteiger partial charge in [-0.25, -0.2) is 14.0 Å². The number of hydrogen-bond acceptors (Lipinski definition) is 1. The Labute approximate surface area is 354 Å². The number of benzene rings is 8. The third-order valence-electron chi connectivity index (χ3n) is 12.7. The van der Waals surface area contributed by atoms with Gasteiger partial charge in [-0.05, 0) is 48.5 Å². The molecule has 0 aliphatic carbocycles. The first-order valence-corrected chi connectivity index (χ1v) is 20.6. The number of nitrogens with zero attached hydrogens (tertiary/aromatic N) is 7. The van der Waals surface area contributed by atoms with E-state index in [-0.39, 0.29) is 0 Å². The lowest BCUT2D eigenvalue weighted by Gasteiger charge is -2.23. The Hall–Kier alpha value is -8.91. The molecule has 0 spiro atoms. The van der Waals surface area contributed by atoms with Gasteiger partial charge in [-0.15, -0.1) is 4.68 Å². The standard InChI is InChI=1S/C55H32N7/c1-57-52-53(58-44-26-10-2-18-35(44)36-19-3-11-27-45(36)58)43(34-56)54(59-46-28-12-4-20-37(46)38-21-5-13-29-47(38)59)62(61-50-32-16-8-24-41(50)42-25-9-17-33-51(42)61)55(52)60-48-30-14-6-22-39(48)40-23-7-15-31-49(40)60/h2-33H/q+1. The van der Waals surface area contributed by atoms with Crippen molar-refractivity contribution in [3.63, 3.8) is 0 Å². The second-order valence-corrected chi connectivity index (χ2v) is 15.7. The summed E-state index contributed by atoms with van der Waals surface area (Å²) in [5, 5.41) is 20.6. The van der Waals surface area contributed by atoms with Crippen LogP contribution in [0.4, 0.5) is 5.69 Å². The predicted octanol–water partition coefficient (Wildman–Crippen LogP) is 13.1. The van der Waals surface area contributed by atoms with Crippen molar-refractivity contribution in [1.29, 1.82) is 5.26 Å². The van der Waals surface area contributed by atoms with Gasteiger partial charge in [0.2, 0.25) is 0 Å². The van der Waals surface area contributed by atoms with E-state index in [9.17, 15) is 11.8 Å². The van der Waals surface area contributed by atoms with Crippen LogP contribution in [0.15, 0.2) is 194 Å². The number of pyridine rings is 1. The zero-order valence-corrected chi connectivity index (χ0v) is 33.1. The summed E-state index contributed by atoms with van der Waals surface area (Å²) < 4.78 is 11.0. The number of nitriles is 1. The van der Waals surface area contributed by atoms with Crippen LogP contribution in [0.3, 0.4) is 0 Å². The minimum absolute atomic E-state index is 0.339. The molecule has 0 saturated heterocycles. The smallest absolute Gasteiger partial charge is 0.285 e. The molecule has 62 heavy (non-hydrogen) atoms. The molecule has 0 N–H and O–H groups in total. The van der Waals surface area contributed by atoms with Gasteiger partial charge in [0, 0.05) is 43.1 Å². The predicted molar refractivity (Wildman–Crippen MR) is 251 cm³/mol. The van der Waals surface area contributed by atoms with E-state index >= 15 is 0 Å². The van der Waals surface area contributed by atoms with Crippen LogP contribution in [0.1, 0.15) is 5.56 Å². The van der Waals surface area contributed by atoms with Crippen molar-refractivity contribution in [3.05, 3.63) is 211 Å². The Morgan fingerprint density at radius 3 is 0.968 bits per heavy atom. The maximum absolute atomic E-state index is 12.1. The van der Waals surface area contributed by atoms with Crippen molar-refractivity contribution in [1.82, 2.24) is 18.4 Å². The highest BCUT2D eigenvalue weighted by molar-refractivity contribution is 6.13. The van der Waals surface area contributed by atoms with E-state index in [4.69, 9.17) is 0 Å². The van der Waals surface area contributed by atoms with Crippen molar-refractivity contribution in [3.8, 4) is 23.4 Å². The molecule has 0 radical (unpaired) electrons. The number of fused-ring (bicyclic) bond motifs is 12. The summed E-state index contributed by atoms with van der Waals surface area (Å²) in [6.07, 6.45) is 0. The van der Waals surface area contributed by atoms with Crippen LogP contribution in [0, 0.1) is 17.9 Å². The van der Waals surface area contributed by atoms with Gasteiger partial charge < -0.3 is 4.57 Å². The topological polar surface area (TPSA) is 51.8 Å². The Balaban J connectivity index is 1.40. The lowest BCUT2D eigenvalue weighted by Crippen LogP contribution is -2.50. The second-order valence-electron chi connectivity index (χ2n) is 15.7. The molecular formula is C55H32N7+. The monoisotopic (exact) mass is 790 g/mol. The van der Waals surface area contributed by atoms with Gasteiger partial charge >= 0.3 is 0 Å². The third kappa shape index (κ3) is 4.38. The lowest BCUT2D eigenvalue weighted by atomic mass is 10.1. The molecule has 7 nitrogen and oxygen atoms in total. The minimum atomic E-state index is 0.339. The summed E-state index contributed by atoms with van der Waals surface area (Å²) in [5.74, 6) is 1.22. The molecule has 0 aliphatic heterocycles. The van der Waals surface area contributed by atoms with Gasteiger partial charge in [0.25, 0.3) is 17.3 Å². The summed E-state index contributed by atoms with van der Waals surface area (Å²) in [5.41, 5.74) is 8.68. The van der Waals surface area contributed by atoms with Crippen LogP contribution in [0.2, 0.25) is 0 Å². The van der Waals surface area contributed by atoms with Gasteiger partial charge in [0.1, 0.15) is 33.7 Å². The molecule has 13 rings (SSSR count). The van der Waals surface area contributed by atoms with Gasteiger partial charge in [0.05, 0.1) is 34.3 Å². The first kappa shape index (κ1) is 34.0. The second kappa shape index (κ2) is 12.8. The third-order valence-corrected chi connectivity index (χ3v) is 12.7. The molecule has 8 aromatic carbocycles. The Morgan fingerprint density at radius 2 is 0.645 bits per heavy atom. The SMILES string of the molecule is [C-]#[N+]c1c(-n2c3ccccc3c3ccccc32)c(C#N)c(-n2c3ccccc3c3ccccc32)[n+](-n2c3ccccc3c3ccccc32)c1-n1c2ccccc2c2ccccc21. The lowest BCUT2D eigenvalue weighted by molar-refractivity contribution is -0.708. The van der Waals surface area contributed by atoms with Crippen molar-refractivity contribution in [2.75, 3.05) is 0 Å². The highest BCUT2D eigenvalue weighted by Crippen LogP contribution is 2.45. The highest BCUT2D eigenvalue weighted by Gasteiger charge is 2.38. The molecule has 0 atom stereocenters. The molecule has 5 heterocycles. The number of aromatic nitrogens is 5. The Bertz CT molecular complexity index is 3770. The quantitative estimate of drug-likeness (QED) is 0.129. The summed E-state index contributed by atoms with van der Waals surface area (Å²) in [6, 6.07) is 69.9. The molecule has 0 bridgehead atoms. The van der Waals surface area contributed by atoms with Crippen LogP contribution in [0.25, 0.3) is 109 Å². The molecule has 13 aromatic rings. The number of para-hydroxylation sites is 8. The van der Waals surface area contributed by atoms with Gasteiger partial charge in [-0.1, -0.05) is 146 Å². The normalized spacial score (nSPS) is 11.8. The van der Waals surface area contributed by atoms with E-state index in [1.807, 2.05) is 24.3 Å². The van der Waals surface area contributed by atoms with Crippen LogP contribution in [-0.4, -0.2) is 18.4 Å². The zero-order chi connectivity index (χ0) is 41.1. The fourth-order valence-electron chi connectivity index (χ4n) is 10.2. The molecule has 0 fully saturated rings. The molecule has 0 saturated carbocycles. The zero-order valence-electron chi connectivity index (χ0n) is 33.1. The van der Waals surface area contributed by atoms with Crippen molar-refractivity contribution >= 4 is 92.9 Å². The molecule has 286 valence electrons. The van der Waals surface area contributed by atoms with Crippen molar-refractivity contribution < 1.29 is 4.68 Å². The fourth-order valence-corrected chi connectivity index (χ4v) is 10.2. The van der Waals surface area contributed by atoms with E-state index in [0.717, 1.165) is 87.2 Å². The molecule has 5 aromatic heterocycles. The van der Waals surface area contributed by atoms with Crippen LogP contribution in [0.5, 0.6) is 0 Å². The van der Waals surface area contributed by atoms with Gasteiger partial charge in [0.15, 0.2) is 0 Å². The molecule has 0 aliphatic rings. The van der Waals surface area contributed by atoms with Gasteiger partial charge in [-0.2, -0.15) is 9.94 Å². The summed E-state index contributed by atoms with van der Waals surface area (Å²) >= 11 is 0. The van der Waals surface area contributed by atoms with Crippen LogP contribution < -0.4 is 4.68 Å². The number of rotatable bonds is 4. The van der Waals surface area contributed by atoms with Gasteiger partial charge in [-0.3, -0.25) is 0 Å². The van der Waals surface area contributed by atoms with Crippen molar-refractivity contribution in [2.24, 2.45) is 0 Å². The summed E-state index contributed by atoms with van der Waals surface area (Å²) in [7, 11) is 0. The minimum Gasteiger partial charge on any atom is -0.317 e. The van der Waals surface area contributed by atoms with E-state index in [1.54, 1.807) is 0 Å². The highest BCUT2D eigenvalue weighted by atomic mass is 15.5.